The van der Waals surface area contributed by atoms with E-state index in [0.717, 1.165) is 5.56 Å². The van der Waals surface area contributed by atoms with E-state index in [2.05, 4.69) is 5.32 Å². The summed E-state index contributed by atoms with van der Waals surface area (Å²) in [5.74, 6) is 0.400. The minimum atomic E-state index is -0.483. The highest BCUT2D eigenvalue weighted by Crippen LogP contribution is 2.40. The zero-order valence-corrected chi connectivity index (χ0v) is 13.9. The molecule has 1 N–H and O–H groups in total. The first-order valence-electron chi connectivity index (χ1n) is 6.32. The minimum Gasteiger partial charge on any atom is -0.459 e. The van der Waals surface area contributed by atoms with Crippen molar-refractivity contribution >= 4 is 40.9 Å². The molecule has 110 valence electrons. The zero-order chi connectivity index (χ0) is 14.9. The van der Waals surface area contributed by atoms with Gasteiger partial charge < -0.3 is 4.74 Å². The largest absolute Gasteiger partial charge is 0.459 e. The second-order valence-electron chi connectivity index (χ2n) is 5.60. The molecule has 0 bridgehead atoms. The maximum atomic E-state index is 12.0. The molecule has 0 radical (unpaired) electrons. The number of ether oxygens (including phenoxy) is 1. The van der Waals surface area contributed by atoms with Gasteiger partial charge in [-0.05, 0) is 32.9 Å². The number of thioether (sulfide) groups is 1. The molecular weight excluding hydrogens is 317 g/mol. The lowest BCUT2D eigenvalue weighted by molar-refractivity contribution is -0.156. The Labute approximate surface area is 133 Å². The lowest BCUT2D eigenvalue weighted by Crippen LogP contribution is -2.39. The van der Waals surface area contributed by atoms with Gasteiger partial charge in [-0.15, -0.1) is 11.8 Å². The number of hydrogen-bond acceptors (Lipinski definition) is 4. The minimum absolute atomic E-state index is 0.0891. The number of rotatable bonds is 2. The first-order valence-corrected chi connectivity index (χ1v) is 8.13. The summed E-state index contributed by atoms with van der Waals surface area (Å²) in [6.07, 6.45) is 0. The fraction of sp³-hybridized carbons (Fsp3) is 0.500. The average molecular weight is 334 g/mol. The lowest BCUT2D eigenvalue weighted by Gasteiger charge is -2.22. The number of benzene rings is 1. The van der Waals surface area contributed by atoms with E-state index in [1.54, 1.807) is 30.0 Å². The van der Waals surface area contributed by atoms with Gasteiger partial charge in [-0.25, -0.2) is 0 Å². The first-order chi connectivity index (χ1) is 9.28. The van der Waals surface area contributed by atoms with Crippen molar-refractivity contribution < 1.29 is 9.53 Å². The molecule has 20 heavy (non-hydrogen) atoms. The summed E-state index contributed by atoms with van der Waals surface area (Å²) in [6.45, 7) is 5.57. The Hall–Kier alpha value is -0.420. The van der Waals surface area contributed by atoms with Gasteiger partial charge in [0.25, 0.3) is 0 Å². The highest BCUT2D eigenvalue weighted by atomic mass is 35.5. The van der Waals surface area contributed by atoms with Crippen molar-refractivity contribution in [1.82, 2.24) is 5.32 Å². The number of halogens is 2. The molecule has 6 heteroatoms. The van der Waals surface area contributed by atoms with Crippen molar-refractivity contribution in [1.29, 1.82) is 0 Å². The van der Waals surface area contributed by atoms with Gasteiger partial charge in [0.05, 0.1) is 5.37 Å². The molecule has 1 aromatic rings. The fourth-order valence-electron chi connectivity index (χ4n) is 1.91. The molecule has 0 aromatic heterocycles. The Balaban J connectivity index is 2.08. The molecule has 0 spiro atoms. The van der Waals surface area contributed by atoms with Gasteiger partial charge in [-0.3, -0.25) is 10.1 Å². The van der Waals surface area contributed by atoms with Crippen LogP contribution in [0.15, 0.2) is 18.2 Å². The van der Waals surface area contributed by atoms with Crippen LogP contribution < -0.4 is 5.32 Å². The summed E-state index contributed by atoms with van der Waals surface area (Å²) >= 11 is 14.0. The number of hydrogen-bond donors (Lipinski definition) is 1. The maximum Gasteiger partial charge on any atom is 0.324 e. The molecule has 0 aliphatic carbocycles. The number of nitrogens with one attached hydrogen (secondary N) is 1. The van der Waals surface area contributed by atoms with Crippen molar-refractivity contribution in [2.45, 2.75) is 37.8 Å². The summed E-state index contributed by atoms with van der Waals surface area (Å²) in [5.41, 5.74) is 0.343. The van der Waals surface area contributed by atoms with Crippen molar-refractivity contribution in [2.75, 3.05) is 5.75 Å². The summed E-state index contributed by atoms with van der Waals surface area (Å²) in [4.78, 5) is 12.0. The van der Waals surface area contributed by atoms with E-state index < -0.39 is 5.60 Å². The molecule has 1 aromatic carbocycles. The number of carbonyl (C=O) groups is 1. The van der Waals surface area contributed by atoms with E-state index in [-0.39, 0.29) is 17.4 Å². The number of esters is 1. The molecule has 1 heterocycles. The van der Waals surface area contributed by atoms with Crippen LogP contribution in [0.3, 0.4) is 0 Å². The molecule has 1 aliphatic rings. The second kappa shape index (κ2) is 6.14. The van der Waals surface area contributed by atoms with Gasteiger partial charge in [0.2, 0.25) is 0 Å². The molecule has 1 fully saturated rings. The molecule has 1 saturated heterocycles. The van der Waals surface area contributed by atoms with Crippen LogP contribution in [0.2, 0.25) is 10.0 Å². The van der Waals surface area contributed by atoms with E-state index in [1.807, 2.05) is 20.8 Å². The predicted molar refractivity (Wildman–Crippen MR) is 84.4 cm³/mol. The molecule has 3 nitrogen and oxygen atoms in total. The maximum absolute atomic E-state index is 12.0. The van der Waals surface area contributed by atoms with Crippen LogP contribution in [0, 0.1) is 0 Å². The van der Waals surface area contributed by atoms with Crippen LogP contribution in [0.4, 0.5) is 0 Å². The Morgan fingerprint density at radius 3 is 2.50 bits per heavy atom. The van der Waals surface area contributed by atoms with Crippen molar-refractivity contribution in [3.05, 3.63) is 33.8 Å². The molecule has 0 amide bonds. The molecular formula is C14H17Cl2NO2S. The second-order valence-corrected chi connectivity index (χ2v) is 7.55. The third-order valence-corrected chi connectivity index (χ3v) is 4.63. The highest BCUT2D eigenvalue weighted by molar-refractivity contribution is 7.99. The Kier molecular flexibility index (Phi) is 4.90. The average Bonchev–Trinajstić information content (AvgIpc) is 2.76. The summed E-state index contributed by atoms with van der Waals surface area (Å²) < 4.78 is 5.39. The highest BCUT2D eigenvalue weighted by Gasteiger charge is 2.35. The fourth-order valence-corrected chi connectivity index (χ4v) is 3.95. The Morgan fingerprint density at radius 1 is 1.35 bits per heavy atom. The van der Waals surface area contributed by atoms with Crippen molar-refractivity contribution in [3.63, 3.8) is 0 Å². The van der Waals surface area contributed by atoms with Gasteiger partial charge in [-0.1, -0.05) is 29.3 Å². The summed E-state index contributed by atoms with van der Waals surface area (Å²) in [6, 6.07) is 5.06. The van der Waals surface area contributed by atoms with Gasteiger partial charge in [0, 0.05) is 21.4 Å². The first kappa shape index (κ1) is 16.0. The van der Waals surface area contributed by atoms with E-state index in [9.17, 15) is 4.79 Å². The van der Waals surface area contributed by atoms with Crippen LogP contribution in [0.25, 0.3) is 0 Å². The standard InChI is InChI=1S/C14H17Cl2NO2S/c1-14(2,3)19-13(18)10-7-20-12(17-10)11-8(15)5-4-6-9(11)16/h4-6,10,12,17H,7H2,1-3H3/t10-,12?/m1/s1. The quantitative estimate of drug-likeness (QED) is 0.829. The van der Waals surface area contributed by atoms with Gasteiger partial charge >= 0.3 is 5.97 Å². The van der Waals surface area contributed by atoms with Gasteiger partial charge in [0.1, 0.15) is 11.6 Å². The third kappa shape index (κ3) is 3.82. The van der Waals surface area contributed by atoms with E-state index in [1.165, 1.54) is 0 Å². The smallest absolute Gasteiger partial charge is 0.324 e. The van der Waals surface area contributed by atoms with Crippen molar-refractivity contribution in [2.24, 2.45) is 0 Å². The molecule has 2 atom stereocenters. The Bertz CT molecular complexity index is 496. The normalized spacial score (nSPS) is 22.9. The molecule has 0 saturated carbocycles. The molecule has 1 aliphatic heterocycles. The van der Waals surface area contributed by atoms with E-state index in [0.29, 0.717) is 15.8 Å². The molecule has 2 rings (SSSR count). The van der Waals surface area contributed by atoms with Crippen LogP contribution in [0.5, 0.6) is 0 Å². The Morgan fingerprint density at radius 2 is 1.95 bits per heavy atom. The van der Waals surface area contributed by atoms with Gasteiger partial charge in [-0.2, -0.15) is 0 Å². The molecule has 1 unspecified atom stereocenters. The SMILES string of the molecule is CC(C)(C)OC(=O)[C@H]1CSC(c2c(Cl)cccc2Cl)N1. The topological polar surface area (TPSA) is 38.3 Å². The van der Waals surface area contributed by atoms with E-state index >= 15 is 0 Å². The van der Waals surface area contributed by atoms with Crippen molar-refractivity contribution in [3.8, 4) is 0 Å². The predicted octanol–water partition coefficient (Wildman–Crippen LogP) is 4.04. The zero-order valence-electron chi connectivity index (χ0n) is 11.6. The van der Waals surface area contributed by atoms with Crippen LogP contribution in [0.1, 0.15) is 31.7 Å². The van der Waals surface area contributed by atoms with Crippen LogP contribution >= 0.6 is 35.0 Å². The van der Waals surface area contributed by atoms with Crippen LogP contribution in [-0.2, 0) is 9.53 Å². The summed E-state index contributed by atoms with van der Waals surface area (Å²) in [5, 5.41) is 4.35. The van der Waals surface area contributed by atoms with Crippen LogP contribution in [-0.4, -0.2) is 23.4 Å². The monoisotopic (exact) mass is 333 g/mol. The lowest BCUT2D eigenvalue weighted by atomic mass is 10.2. The third-order valence-electron chi connectivity index (χ3n) is 2.74. The van der Waals surface area contributed by atoms with Gasteiger partial charge in [0.15, 0.2) is 0 Å². The van der Waals surface area contributed by atoms with E-state index in [4.69, 9.17) is 27.9 Å². The summed E-state index contributed by atoms with van der Waals surface area (Å²) in [7, 11) is 0. The number of carbonyl (C=O) groups excluding carboxylic acids is 1.